The topological polar surface area (TPSA) is 72.2 Å². The van der Waals surface area contributed by atoms with Crippen molar-refractivity contribution < 1.29 is 4.79 Å². The fourth-order valence-corrected chi connectivity index (χ4v) is 3.32. The van der Waals surface area contributed by atoms with Crippen molar-refractivity contribution >= 4 is 23.2 Å². The molecule has 0 radical (unpaired) electrons. The summed E-state index contributed by atoms with van der Waals surface area (Å²) in [7, 11) is 0. The van der Waals surface area contributed by atoms with Crippen molar-refractivity contribution in [1.82, 2.24) is 24.9 Å². The second-order valence-electron chi connectivity index (χ2n) is 6.72. The predicted octanol–water partition coefficient (Wildman–Crippen LogP) is 4.33. The van der Waals surface area contributed by atoms with Crippen molar-refractivity contribution in [2.24, 2.45) is 0 Å². The highest BCUT2D eigenvalue weighted by atomic mass is 35.5. The molecule has 0 spiro atoms. The van der Waals surface area contributed by atoms with Crippen molar-refractivity contribution in [2.75, 3.05) is 0 Å². The van der Waals surface area contributed by atoms with E-state index >= 15 is 0 Å². The summed E-state index contributed by atoms with van der Waals surface area (Å²) in [4.78, 5) is 21.4. The first-order valence-electron chi connectivity index (χ1n) is 9.46. The van der Waals surface area contributed by atoms with Gasteiger partial charge in [0.2, 0.25) is 0 Å². The van der Waals surface area contributed by atoms with Crippen LogP contribution in [0.4, 0.5) is 0 Å². The quantitative estimate of drug-likeness (QED) is 0.518. The monoisotopic (exact) mass is 405 g/mol. The minimum Gasteiger partial charge on any atom is -0.348 e. The van der Waals surface area contributed by atoms with E-state index in [9.17, 15) is 4.79 Å². The smallest absolute Gasteiger partial charge is 0.254 e. The molecule has 3 heterocycles. The van der Waals surface area contributed by atoms with Gasteiger partial charge in [0.05, 0.1) is 17.0 Å². The molecular weight excluding hydrogens is 386 g/mol. The Hall–Kier alpha value is -3.25. The van der Waals surface area contributed by atoms with Crippen molar-refractivity contribution in [2.45, 2.75) is 26.3 Å². The molecule has 0 fully saturated rings. The Labute approximate surface area is 173 Å². The number of hydrogen-bond acceptors (Lipinski definition) is 4. The number of hydrogen-bond donors (Lipinski definition) is 1. The van der Waals surface area contributed by atoms with Crippen LogP contribution in [-0.2, 0) is 13.0 Å². The third-order valence-corrected chi connectivity index (χ3v) is 4.88. The number of carbonyl (C=O) groups excluding carboxylic acids is 1. The van der Waals surface area contributed by atoms with Gasteiger partial charge in [-0.15, -0.1) is 0 Å². The molecule has 0 aliphatic heterocycles. The van der Waals surface area contributed by atoms with E-state index in [1.165, 1.54) is 0 Å². The van der Waals surface area contributed by atoms with Crippen LogP contribution < -0.4 is 5.32 Å². The summed E-state index contributed by atoms with van der Waals surface area (Å²) in [5.41, 5.74) is 4.78. The van der Waals surface area contributed by atoms with Gasteiger partial charge in [0.25, 0.3) is 5.91 Å². The number of pyridine rings is 1. The number of carbonyl (C=O) groups is 1. The van der Waals surface area contributed by atoms with E-state index in [2.05, 4.69) is 22.2 Å². The number of nitrogens with one attached hydrogen (secondary N) is 1. The van der Waals surface area contributed by atoms with E-state index in [0.717, 1.165) is 35.4 Å². The summed E-state index contributed by atoms with van der Waals surface area (Å²) in [6.45, 7) is 2.48. The zero-order chi connectivity index (χ0) is 20.2. The highest BCUT2D eigenvalue weighted by molar-refractivity contribution is 6.30. The van der Waals surface area contributed by atoms with Gasteiger partial charge in [-0.3, -0.25) is 9.78 Å². The van der Waals surface area contributed by atoms with Crippen LogP contribution >= 0.6 is 11.6 Å². The Morgan fingerprint density at radius 3 is 2.72 bits per heavy atom. The van der Waals surface area contributed by atoms with E-state index in [1.807, 2.05) is 42.5 Å². The summed E-state index contributed by atoms with van der Waals surface area (Å²) in [6.07, 6.45) is 6.68. The van der Waals surface area contributed by atoms with Crippen molar-refractivity contribution in [3.63, 3.8) is 0 Å². The van der Waals surface area contributed by atoms with Crippen molar-refractivity contribution in [1.29, 1.82) is 0 Å². The van der Waals surface area contributed by atoms with Crippen LogP contribution in [0.3, 0.4) is 0 Å². The Morgan fingerprint density at radius 2 is 2.00 bits per heavy atom. The van der Waals surface area contributed by atoms with E-state index in [0.29, 0.717) is 22.8 Å². The van der Waals surface area contributed by atoms with E-state index in [-0.39, 0.29) is 5.91 Å². The van der Waals surface area contributed by atoms with Crippen LogP contribution in [0.5, 0.6) is 0 Å². The Bertz CT molecular complexity index is 1140. The van der Waals surface area contributed by atoms with Crippen LogP contribution in [-0.4, -0.2) is 25.5 Å². The van der Waals surface area contributed by atoms with Gasteiger partial charge in [-0.2, -0.15) is 5.10 Å². The summed E-state index contributed by atoms with van der Waals surface area (Å²) >= 11 is 5.99. The van der Waals surface area contributed by atoms with E-state index in [1.54, 1.807) is 23.1 Å². The zero-order valence-electron chi connectivity index (χ0n) is 16.0. The van der Waals surface area contributed by atoms with Crippen molar-refractivity contribution in [3.8, 4) is 11.3 Å². The lowest BCUT2D eigenvalue weighted by molar-refractivity contribution is 0.0949. The molecule has 0 unspecified atom stereocenters. The average Bonchev–Trinajstić information content (AvgIpc) is 3.18. The maximum absolute atomic E-state index is 12.8. The highest BCUT2D eigenvalue weighted by Crippen LogP contribution is 2.23. The van der Waals surface area contributed by atoms with E-state index < -0.39 is 0 Å². The molecule has 1 N–H and O–H groups in total. The molecule has 0 saturated heterocycles. The second kappa shape index (κ2) is 8.41. The Morgan fingerprint density at radius 1 is 1.17 bits per heavy atom. The number of benzene rings is 1. The van der Waals surface area contributed by atoms with Gasteiger partial charge in [0.15, 0.2) is 5.65 Å². The molecule has 1 aromatic carbocycles. The van der Waals surface area contributed by atoms with Gasteiger partial charge in [0.1, 0.15) is 0 Å². The molecule has 0 atom stereocenters. The van der Waals surface area contributed by atoms with Crippen LogP contribution in [0.2, 0.25) is 5.02 Å². The van der Waals surface area contributed by atoms with Gasteiger partial charge in [-0.05, 0) is 30.2 Å². The minimum atomic E-state index is -0.171. The first-order valence-corrected chi connectivity index (χ1v) is 9.84. The fraction of sp³-hybridized carbons (Fsp3) is 0.182. The molecule has 0 aliphatic carbocycles. The summed E-state index contributed by atoms with van der Waals surface area (Å²) in [6, 6.07) is 13.2. The summed E-state index contributed by atoms with van der Waals surface area (Å²) < 4.78 is 1.77. The SMILES string of the molecule is CCCc1c(C(=O)NCc2cccnc2)cnc2cc(-c3ccc(Cl)cc3)nn12. The molecule has 1 amide bonds. The molecule has 6 nitrogen and oxygen atoms in total. The minimum absolute atomic E-state index is 0.171. The van der Waals surface area contributed by atoms with Crippen LogP contribution in [0, 0.1) is 0 Å². The molecule has 29 heavy (non-hydrogen) atoms. The lowest BCUT2D eigenvalue weighted by Gasteiger charge is -2.11. The maximum atomic E-state index is 12.8. The highest BCUT2D eigenvalue weighted by Gasteiger charge is 2.17. The average molecular weight is 406 g/mol. The number of fused-ring (bicyclic) bond motifs is 1. The third-order valence-electron chi connectivity index (χ3n) is 4.63. The van der Waals surface area contributed by atoms with Crippen LogP contribution in [0.25, 0.3) is 16.9 Å². The third kappa shape index (κ3) is 4.12. The molecule has 7 heteroatoms. The van der Waals surface area contributed by atoms with Crippen molar-refractivity contribution in [3.05, 3.63) is 82.9 Å². The predicted molar refractivity (Wildman–Crippen MR) is 113 cm³/mol. The maximum Gasteiger partial charge on any atom is 0.254 e. The normalized spacial score (nSPS) is 11.0. The fourth-order valence-electron chi connectivity index (χ4n) is 3.19. The molecule has 0 aliphatic rings. The number of nitrogens with zero attached hydrogens (tertiary/aromatic N) is 4. The number of amides is 1. The zero-order valence-corrected chi connectivity index (χ0v) is 16.7. The van der Waals surface area contributed by atoms with Crippen LogP contribution in [0.15, 0.2) is 61.1 Å². The molecule has 4 rings (SSSR count). The van der Waals surface area contributed by atoms with Crippen LogP contribution in [0.1, 0.15) is 35.0 Å². The lowest BCUT2D eigenvalue weighted by Crippen LogP contribution is -2.25. The first kappa shape index (κ1) is 19.1. The van der Waals surface area contributed by atoms with E-state index in [4.69, 9.17) is 16.7 Å². The molecule has 146 valence electrons. The van der Waals surface area contributed by atoms with Gasteiger partial charge in [-0.1, -0.05) is 43.1 Å². The molecule has 3 aromatic heterocycles. The number of halogens is 1. The Kier molecular flexibility index (Phi) is 5.53. The first-order chi connectivity index (χ1) is 14.2. The molecule has 0 saturated carbocycles. The molecular formula is C22H20ClN5O. The standard InChI is InChI=1S/C22H20ClN5O/c1-2-4-20-18(22(29)26-13-15-5-3-10-24-12-15)14-25-21-11-19(27-28(20)21)16-6-8-17(23)9-7-16/h3,5-12,14H,2,4,13H2,1H3,(H,26,29). The molecule has 0 bridgehead atoms. The Balaban J connectivity index is 1.67. The van der Waals surface area contributed by atoms with Gasteiger partial charge >= 0.3 is 0 Å². The largest absolute Gasteiger partial charge is 0.348 e. The van der Waals surface area contributed by atoms with Gasteiger partial charge < -0.3 is 5.32 Å². The number of aromatic nitrogens is 4. The molecule has 4 aromatic rings. The summed E-state index contributed by atoms with van der Waals surface area (Å²) in [5, 5.41) is 8.34. The van der Waals surface area contributed by atoms with Gasteiger partial charge in [-0.25, -0.2) is 9.50 Å². The van der Waals surface area contributed by atoms with Gasteiger partial charge in [0, 0.05) is 41.8 Å². The number of aryl methyl sites for hydroxylation is 1. The summed E-state index contributed by atoms with van der Waals surface area (Å²) in [5.74, 6) is -0.171. The lowest BCUT2D eigenvalue weighted by atomic mass is 10.1. The number of rotatable bonds is 6. The second-order valence-corrected chi connectivity index (χ2v) is 7.16.